The minimum absolute atomic E-state index is 0.105. The standard InChI is InChI=1S/C8H12BNO2/c1-8(4-10)6(9)2-5(3-11)7(8)12/h5-7,11-12H,2-3H2,1H3/t5-,6-,7-,8+/m1/s1. The van der Waals surface area contributed by atoms with Crippen molar-refractivity contribution in [2.75, 3.05) is 6.61 Å². The lowest BCUT2D eigenvalue weighted by Gasteiger charge is -2.25. The van der Waals surface area contributed by atoms with Gasteiger partial charge in [-0.3, -0.25) is 0 Å². The zero-order valence-electron chi connectivity index (χ0n) is 7.07. The molecule has 0 heterocycles. The normalized spacial score (nSPS) is 47.3. The number of hydrogen-bond donors (Lipinski definition) is 2. The molecule has 0 amide bonds. The molecule has 0 unspecified atom stereocenters. The lowest BCUT2D eigenvalue weighted by molar-refractivity contribution is 0.0418. The van der Waals surface area contributed by atoms with Gasteiger partial charge in [0.05, 0.1) is 25.4 Å². The monoisotopic (exact) mass is 165 g/mol. The molecule has 2 radical (unpaired) electrons. The highest BCUT2D eigenvalue weighted by Gasteiger charge is 2.49. The van der Waals surface area contributed by atoms with E-state index in [0.717, 1.165) is 0 Å². The van der Waals surface area contributed by atoms with Gasteiger partial charge < -0.3 is 10.2 Å². The molecule has 2 N–H and O–H groups in total. The minimum atomic E-state index is -0.895. The molecule has 0 spiro atoms. The van der Waals surface area contributed by atoms with Crippen molar-refractivity contribution in [3.8, 4) is 6.07 Å². The minimum Gasteiger partial charge on any atom is -0.396 e. The van der Waals surface area contributed by atoms with Crippen LogP contribution in [-0.2, 0) is 0 Å². The van der Waals surface area contributed by atoms with Crippen molar-refractivity contribution >= 4 is 7.85 Å². The zero-order valence-corrected chi connectivity index (χ0v) is 7.07. The Bertz CT molecular complexity index is 216. The maximum Gasteiger partial charge on any atom is 0.0769 e. The Morgan fingerprint density at radius 3 is 2.58 bits per heavy atom. The number of aliphatic hydroxyl groups excluding tert-OH is 2. The molecule has 4 heteroatoms. The predicted molar refractivity (Wildman–Crippen MR) is 44.4 cm³/mol. The van der Waals surface area contributed by atoms with Crippen molar-refractivity contribution in [2.45, 2.75) is 25.3 Å². The molecule has 0 aromatic rings. The largest absolute Gasteiger partial charge is 0.396 e. The SMILES string of the molecule is [B][C@@H]1C[C@H](CO)[C@@H](O)[C@@]1(C)C#N. The first-order valence-corrected chi connectivity index (χ1v) is 4.02. The first kappa shape index (κ1) is 9.56. The molecule has 0 saturated heterocycles. The van der Waals surface area contributed by atoms with Crippen LogP contribution in [0.15, 0.2) is 0 Å². The van der Waals surface area contributed by atoms with Gasteiger partial charge in [0.1, 0.15) is 0 Å². The van der Waals surface area contributed by atoms with E-state index < -0.39 is 11.5 Å². The summed E-state index contributed by atoms with van der Waals surface area (Å²) in [6.07, 6.45) is -0.288. The first-order chi connectivity index (χ1) is 5.56. The summed E-state index contributed by atoms with van der Waals surface area (Å²) in [6, 6.07) is 2.02. The van der Waals surface area contributed by atoms with Crippen molar-refractivity contribution in [3.63, 3.8) is 0 Å². The Morgan fingerprint density at radius 2 is 2.33 bits per heavy atom. The molecule has 1 saturated carbocycles. The molecule has 1 aliphatic rings. The van der Waals surface area contributed by atoms with Crippen LogP contribution in [0.5, 0.6) is 0 Å². The summed E-state index contributed by atoms with van der Waals surface area (Å²) in [6.45, 7) is 1.53. The van der Waals surface area contributed by atoms with Crippen LogP contribution < -0.4 is 0 Å². The topological polar surface area (TPSA) is 64.2 Å². The Hall–Kier alpha value is -0.525. The maximum atomic E-state index is 9.62. The third-order valence-electron chi connectivity index (χ3n) is 2.86. The quantitative estimate of drug-likeness (QED) is 0.531. The van der Waals surface area contributed by atoms with E-state index in [0.29, 0.717) is 6.42 Å². The van der Waals surface area contributed by atoms with Crippen LogP contribution >= 0.6 is 0 Å². The van der Waals surface area contributed by atoms with Crippen LogP contribution in [0.25, 0.3) is 0 Å². The number of hydrogen-bond acceptors (Lipinski definition) is 3. The number of aliphatic hydroxyl groups is 2. The van der Waals surface area contributed by atoms with Crippen LogP contribution in [0.4, 0.5) is 0 Å². The lowest BCUT2D eigenvalue weighted by Crippen LogP contribution is -2.32. The molecule has 12 heavy (non-hydrogen) atoms. The second-order valence-corrected chi connectivity index (χ2v) is 3.62. The molecule has 0 aromatic carbocycles. The predicted octanol–water partition coefficient (Wildman–Crippen LogP) is -0.154. The third-order valence-corrected chi connectivity index (χ3v) is 2.86. The summed E-state index contributed by atoms with van der Waals surface area (Å²) in [4.78, 5) is 0. The molecule has 0 aliphatic heterocycles. The van der Waals surface area contributed by atoms with Crippen molar-refractivity contribution in [1.82, 2.24) is 0 Å². The number of rotatable bonds is 1. The van der Waals surface area contributed by atoms with Crippen LogP contribution in [-0.4, -0.2) is 30.8 Å². The first-order valence-electron chi connectivity index (χ1n) is 4.02. The van der Waals surface area contributed by atoms with Gasteiger partial charge in [-0.2, -0.15) is 5.26 Å². The molecule has 64 valence electrons. The molecule has 3 nitrogen and oxygen atoms in total. The maximum absolute atomic E-state index is 9.62. The van der Waals surface area contributed by atoms with E-state index in [1.54, 1.807) is 6.92 Å². The highest BCUT2D eigenvalue weighted by atomic mass is 16.3. The van der Waals surface area contributed by atoms with Gasteiger partial charge in [0.15, 0.2) is 0 Å². The molecule has 0 aromatic heterocycles. The van der Waals surface area contributed by atoms with Crippen molar-refractivity contribution < 1.29 is 10.2 Å². The average Bonchev–Trinajstić information content (AvgIpc) is 2.30. The highest BCUT2D eigenvalue weighted by molar-refractivity contribution is 6.12. The van der Waals surface area contributed by atoms with Crippen LogP contribution in [0.3, 0.4) is 0 Å². The Labute approximate surface area is 73.4 Å². The smallest absolute Gasteiger partial charge is 0.0769 e. The lowest BCUT2D eigenvalue weighted by atomic mass is 9.69. The van der Waals surface area contributed by atoms with Gasteiger partial charge in [-0.05, 0) is 13.3 Å². The fraction of sp³-hybridized carbons (Fsp3) is 0.875. The molecule has 4 atom stereocenters. The van der Waals surface area contributed by atoms with E-state index in [9.17, 15) is 5.11 Å². The summed E-state index contributed by atoms with van der Waals surface area (Å²) < 4.78 is 0. The summed E-state index contributed by atoms with van der Waals surface area (Å²) in [5, 5.41) is 27.3. The number of nitrogens with zero attached hydrogens (tertiary/aromatic N) is 1. The summed E-state index contributed by atoms with van der Waals surface area (Å²) in [5.74, 6) is -0.584. The van der Waals surface area contributed by atoms with Gasteiger partial charge in [0.25, 0.3) is 0 Å². The van der Waals surface area contributed by atoms with Gasteiger partial charge in [-0.25, -0.2) is 0 Å². The highest BCUT2D eigenvalue weighted by Crippen LogP contribution is 2.48. The Kier molecular flexibility index (Phi) is 2.45. The fourth-order valence-corrected chi connectivity index (χ4v) is 1.73. The average molecular weight is 165 g/mol. The van der Waals surface area contributed by atoms with Gasteiger partial charge in [0.2, 0.25) is 0 Å². The molecule has 1 fully saturated rings. The fourth-order valence-electron chi connectivity index (χ4n) is 1.73. The van der Waals surface area contributed by atoms with E-state index >= 15 is 0 Å². The summed E-state index contributed by atoms with van der Waals surface area (Å²) in [5.41, 5.74) is -0.895. The molecular weight excluding hydrogens is 153 g/mol. The Balaban J connectivity index is 2.85. The van der Waals surface area contributed by atoms with E-state index in [1.165, 1.54) is 0 Å². The summed E-state index contributed by atoms with van der Waals surface area (Å²) in [7, 11) is 5.69. The van der Waals surface area contributed by atoms with E-state index in [-0.39, 0.29) is 18.3 Å². The number of nitriles is 1. The van der Waals surface area contributed by atoms with Gasteiger partial charge in [-0.15, -0.1) is 0 Å². The second-order valence-electron chi connectivity index (χ2n) is 3.62. The molecule has 0 bridgehead atoms. The second kappa shape index (κ2) is 3.08. The van der Waals surface area contributed by atoms with E-state index in [4.69, 9.17) is 18.2 Å². The van der Waals surface area contributed by atoms with E-state index in [1.807, 2.05) is 6.07 Å². The molecular formula is C8H12BNO2. The van der Waals surface area contributed by atoms with Crippen molar-refractivity contribution in [2.24, 2.45) is 11.3 Å². The molecule has 1 aliphatic carbocycles. The van der Waals surface area contributed by atoms with Crippen LogP contribution in [0.1, 0.15) is 13.3 Å². The van der Waals surface area contributed by atoms with Crippen molar-refractivity contribution in [3.05, 3.63) is 0 Å². The third kappa shape index (κ3) is 1.14. The summed E-state index contributed by atoms with van der Waals surface area (Å²) >= 11 is 0. The van der Waals surface area contributed by atoms with Crippen LogP contribution in [0, 0.1) is 22.7 Å². The van der Waals surface area contributed by atoms with Gasteiger partial charge in [0, 0.05) is 12.5 Å². The van der Waals surface area contributed by atoms with Gasteiger partial charge in [-0.1, -0.05) is 5.82 Å². The molecule has 1 rings (SSSR count). The van der Waals surface area contributed by atoms with Crippen LogP contribution in [0.2, 0.25) is 5.82 Å². The van der Waals surface area contributed by atoms with Gasteiger partial charge >= 0.3 is 0 Å². The van der Waals surface area contributed by atoms with E-state index in [2.05, 4.69) is 0 Å². The van der Waals surface area contributed by atoms with Crippen molar-refractivity contribution in [1.29, 1.82) is 5.26 Å². The zero-order chi connectivity index (χ0) is 9.35. The Morgan fingerprint density at radius 1 is 1.75 bits per heavy atom.